The summed E-state index contributed by atoms with van der Waals surface area (Å²) in [7, 11) is -0.980. The Balaban J connectivity index is 2.09. The van der Waals surface area contributed by atoms with E-state index >= 15 is 0 Å². The molecule has 0 radical (unpaired) electrons. The second-order valence-corrected chi connectivity index (χ2v) is 6.80. The Morgan fingerprint density at radius 2 is 1.64 bits per heavy atom. The lowest BCUT2D eigenvalue weighted by Crippen LogP contribution is -2.14. The molecule has 1 N–H and O–H groups in total. The number of para-hydroxylation sites is 1. The van der Waals surface area contributed by atoms with Gasteiger partial charge in [0.15, 0.2) is 0 Å². The summed E-state index contributed by atoms with van der Waals surface area (Å²) in [6.45, 7) is 0. The molecule has 0 bridgehead atoms. The average molecular weight is 359 g/mol. The molecule has 0 aliphatic heterocycles. The highest BCUT2D eigenvalue weighted by Gasteiger charge is 2.24. The number of sulfonamides is 1. The molecule has 0 unspecified atom stereocenters. The zero-order chi connectivity index (χ0) is 17.9. The van der Waals surface area contributed by atoms with Crippen molar-refractivity contribution in [2.45, 2.75) is 4.90 Å². The highest BCUT2D eigenvalue weighted by molar-refractivity contribution is 7.92. The Morgan fingerprint density at radius 3 is 2.24 bits per heavy atom. The van der Waals surface area contributed by atoms with Crippen molar-refractivity contribution in [1.29, 1.82) is 0 Å². The fraction of sp³-hybridized carbons (Fsp3) is 0.111. The molecule has 0 saturated carbocycles. The zero-order valence-electron chi connectivity index (χ0n) is 13.7. The van der Waals surface area contributed by atoms with Crippen LogP contribution >= 0.6 is 0 Å². The summed E-state index contributed by atoms with van der Waals surface area (Å²) < 4.78 is 44.1. The molecular weight excluding hydrogens is 342 g/mol. The van der Waals surface area contributed by atoms with Crippen LogP contribution in [0.5, 0.6) is 11.5 Å². The van der Waals surface area contributed by atoms with Gasteiger partial charge in [-0.3, -0.25) is 4.72 Å². The first kappa shape index (κ1) is 16.9. The molecule has 0 aliphatic carbocycles. The van der Waals surface area contributed by atoms with E-state index in [1.54, 1.807) is 48.5 Å². The summed E-state index contributed by atoms with van der Waals surface area (Å²) in [6.07, 6.45) is 1.53. The predicted octanol–water partition coefficient (Wildman–Crippen LogP) is 3.76. The van der Waals surface area contributed by atoms with E-state index in [1.807, 2.05) is 0 Å². The molecule has 0 saturated heterocycles. The first-order valence-corrected chi connectivity index (χ1v) is 8.91. The minimum absolute atomic E-state index is 0.0222. The first-order valence-electron chi connectivity index (χ1n) is 7.43. The monoisotopic (exact) mass is 359 g/mol. The van der Waals surface area contributed by atoms with Crippen molar-refractivity contribution in [3.63, 3.8) is 0 Å². The van der Waals surface area contributed by atoms with E-state index in [1.165, 1.54) is 26.5 Å². The summed E-state index contributed by atoms with van der Waals surface area (Å²) in [5.41, 5.74) is 1.06. The standard InChI is InChI=1S/C18H17NO5S/c1-22-16-12-18(25(20,21)19-13-7-4-3-5-8-13)17(23-2)11-14(16)15-9-6-10-24-15/h3-12,19H,1-2H3. The third-order valence-electron chi connectivity index (χ3n) is 3.59. The Bertz CT molecular complexity index is 951. The molecule has 2 aromatic carbocycles. The van der Waals surface area contributed by atoms with Crippen molar-refractivity contribution in [1.82, 2.24) is 0 Å². The molecular formula is C18H17NO5S. The summed E-state index contributed by atoms with van der Waals surface area (Å²) in [5, 5.41) is 0. The van der Waals surface area contributed by atoms with Gasteiger partial charge in [-0.1, -0.05) is 18.2 Å². The van der Waals surface area contributed by atoms with Crippen molar-refractivity contribution in [2.24, 2.45) is 0 Å². The first-order chi connectivity index (χ1) is 12.0. The number of methoxy groups -OCH3 is 2. The van der Waals surface area contributed by atoms with Gasteiger partial charge in [0.1, 0.15) is 22.2 Å². The van der Waals surface area contributed by atoms with Gasteiger partial charge in [-0.15, -0.1) is 0 Å². The number of anilines is 1. The molecule has 7 heteroatoms. The molecule has 130 valence electrons. The van der Waals surface area contributed by atoms with Crippen molar-refractivity contribution >= 4 is 15.7 Å². The summed E-state index contributed by atoms with van der Waals surface area (Å²) in [4.78, 5) is -0.0222. The van der Waals surface area contributed by atoms with Gasteiger partial charge in [0, 0.05) is 11.8 Å². The van der Waals surface area contributed by atoms with Crippen LogP contribution in [0.1, 0.15) is 0 Å². The molecule has 3 rings (SSSR count). The zero-order valence-corrected chi connectivity index (χ0v) is 14.5. The van der Waals surface area contributed by atoms with Crippen molar-refractivity contribution in [3.8, 4) is 22.8 Å². The van der Waals surface area contributed by atoms with Crippen LogP contribution in [-0.2, 0) is 10.0 Å². The SMILES string of the molecule is COc1cc(S(=O)(=O)Nc2ccccc2)c(OC)cc1-c1ccco1. The molecule has 0 atom stereocenters. The topological polar surface area (TPSA) is 77.8 Å². The third kappa shape index (κ3) is 3.46. The molecule has 1 heterocycles. The van der Waals surface area contributed by atoms with Gasteiger partial charge in [0.05, 0.1) is 26.0 Å². The maximum Gasteiger partial charge on any atom is 0.265 e. The van der Waals surface area contributed by atoms with E-state index in [0.717, 1.165) is 0 Å². The van der Waals surface area contributed by atoms with Crippen LogP contribution in [0.2, 0.25) is 0 Å². The van der Waals surface area contributed by atoms with Crippen LogP contribution in [0.15, 0.2) is 70.2 Å². The van der Waals surface area contributed by atoms with Gasteiger partial charge in [-0.05, 0) is 30.3 Å². The van der Waals surface area contributed by atoms with Crippen LogP contribution in [0.4, 0.5) is 5.69 Å². The van der Waals surface area contributed by atoms with Gasteiger partial charge < -0.3 is 13.9 Å². The van der Waals surface area contributed by atoms with E-state index in [0.29, 0.717) is 22.8 Å². The van der Waals surface area contributed by atoms with E-state index in [9.17, 15) is 8.42 Å². The number of furan rings is 1. The van der Waals surface area contributed by atoms with Gasteiger partial charge in [-0.25, -0.2) is 8.42 Å². The lowest BCUT2D eigenvalue weighted by atomic mass is 10.1. The lowest BCUT2D eigenvalue weighted by molar-refractivity contribution is 0.392. The highest BCUT2D eigenvalue weighted by Crippen LogP contribution is 2.38. The van der Waals surface area contributed by atoms with Crippen molar-refractivity contribution in [2.75, 3.05) is 18.9 Å². The summed E-state index contributed by atoms with van der Waals surface area (Å²) >= 11 is 0. The molecule has 0 amide bonds. The fourth-order valence-corrected chi connectivity index (χ4v) is 3.65. The van der Waals surface area contributed by atoms with Gasteiger partial charge in [0.25, 0.3) is 10.0 Å². The highest BCUT2D eigenvalue weighted by atomic mass is 32.2. The molecule has 25 heavy (non-hydrogen) atoms. The Hall–Kier alpha value is -2.93. The van der Waals surface area contributed by atoms with E-state index < -0.39 is 10.0 Å². The van der Waals surface area contributed by atoms with Crippen molar-refractivity contribution in [3.05, 3.63) is 60.9 Å². The van der Waals surface area contributed by atoms with Crippen LogP contribution in [-0.4, -0.2) is 22.6 Å². The second kappa shape index (κ2) is 6.90. The molecule has 3 aromatic rings. The summed E-state index contributed by atoms with van der Waals surface area (Å²) in [6, 6.07) is 15.1. The largest absolute Gasteiger partial charge is 0.496 e. The molecule has 0 spiro atoms. The van der Waals surface area contributed by atoms with Crippen molar-refractivity contribution < 1.29 is 22.3 Å². The van der Waals surface area contributed by atoms with E-state index in [-0.39, 0.29) is 10.6 Å². The van der Waals surface area contributed by atoms with Gasteiger partial charge >= 0.3 is 0 Å². The maximum absolute atomic E-state index is 12.8. The minimum Gasteiger partial charge on any atom is -0.496 e. The number of ether oxygens (including phenoxy) is 2. The smallest absolute Gasteiger partial charge is 0.265 e. The predicted molar refractivity (Wildman–Crippen MR) is 94.5 cm³/mol. The number of hydrogen-bond donors (Lipinski definition) is 1. The second-order valence-electron chi connectivity index (χ2n) is 5.15. The van der Waals surface area contributed by atoms with Crippen LogP contribution in [0, 0.1) is 0 Å². The number of benzene rings is 2. The maximum atomic E-state index is 12.8. The van der Waals surface area contributed by atoms with E-state index in [2.05, 4.69) is 4.72 Å². The lowest BCUT2D eigenvalue weighted by Gasteiger charge is -2.15. The Kier molecular flexibility index (Phi) is 4.67. The summed E-state index contributed by atoms with van der Waals surface area (Å²) in [5.74, 6) is 1.11. The molecule has 0 aliphatic rings. The quantitative estimate of drug-likeness (QED) is 0.725. The normalized spacial score (nSPS) is 11.1. The number of rotatable bonds is 6. The van der Waals surface area contributed by atoms with Gasteiger partial charge in [-0.2, -0.15) is 0 Å². The molecule has 6 nitrogen and oxygen atoms in total. The number of nitrogens with one attached hydrogen (secondary N) is 1. The number of hydrogen-bond acceptors (Lipinski definition) is 5. The Labute approximate surface area is 146 Å². The molecule has 0 fully saturated rings. The molecule has 1 aromatic heterocycles. The fourth-order valence-electron chi connectivity index (χ4n) is 2.42. The van der Waals surface area contributed by atoms with Crippen LogP contribution in [0.3, 0.4) is 0 Å². The third-order valence-corrected chi connectivity index (χ3v) is 4.99. The van der Waals surface area contributed by atoms with Crippen LogP contribution < -0.4 is 14.2 Å². The van der Waals surface area contributed by atoms with Gasteiger partial charge in [0.2, 0.25) is 0 Å². The van der Waals surface area contributed by atoms with E-state index in [4.69, 9.17) is 13.9 Å². The van der Waals surface area contributed by atoms with Crippen LogP contribution in [0.25, 0.3) is 11.3 Å². The average Bonchev–Trinajstić information content (AvgIpc) is 3.15. The minimum atomic E-state index is -3.86. The Morgan fingerprint density at radius 1 is 0.920 bits per heavy atom.